The first-order valence-electron chi connectivity index (χ1n) is 7.78. The summed E-state index contributed by atoms with van der Waals surface area (Å²) in [4.78, 5) is 27.3. The van der Waals surface area contributed by atoms with E-state index in [2.05, 4.69) is 0 Å². The second-order valence-electron chi connectivity index (χ2n) is 6.21. The maximum Gasteiger partial charge on any atom is 0.307 e. The highest BCUT2D eigenvalue weighted by Gasteiger charge is 2.28. The fourth-order valence-corrected chi connectivity index (χ4v) is 3.38. The number of nitrogens with zero attached hydrogens (tertiary/aromatic N) is 2. The molecular weight excluding hydrogens is 292 g/mol. The molecule has 122 valence electrons. The Bertz CT molecular complexity index is 359. The number of likely N-dealkylation sites (tertiary alicyclic amines) is 1. The van der Waals surface area contributed by atoms with Crippen LogP contribution < -0.4 is 0 Å². The minimum Gasteiger partial charge on any atom is -0.481 e. The smallest absolute Gasteiger partial charge is 0.307 e. The molecule has 0 spiro atoms. The van der Waals surface area contributed by atoms with Gasteiger partial charge in [0, 0.05) is 19.6 Å². The van der Waals surface area contributed by atoms with Crippen LogP contribution in [0.3, 0.4) is 0 Å². The van der Waals surface area contributed by atoms with Crippen LogP contribution in [-0.4, -0.2) is 59.5 Å². The lowest BCUT2D eigenvalue weighted by molar-refractivity contribution is -0.145. The van der Waals surface area contributed by atoms with E-state index < -0.39 is 5.97 Å². The van der Waals surface area contributed by atoms with Gasteiger partial charge in [0.1, 0.15) is 0 Å². The topological polar surface area (TPSA) is 60.9 Å². The van der Waals surface area contributed by atoms with E-state index in [0.29, 0.717) is 19.1 Å². The second-order valence-corrected chi connectivity index (χ2v) is 6.21. The van der Waals surface area contributed by atoms with Crippen LogP contribution in [0.2, 0.25) is 0 Å². The molecule has 0 radical (unpaired) electrons. The number of rotatable bonds is 4. The number of piperidine rings is 1. The van der Waals surface area contributed by atoms with Crippen molar-refractivity contribution >= 4 is 24.3 Å². The molecule has 1 unspecified atom stereocenters. The summed E-state index contributed by atoms with van der Waals surface area (Å²) in [6, 6.07) is 0.385. The molecule has 1 saturated carbocycles. The number of carboxylic acids is 1. The van der Waals surface area contributed by atoms with Crippen LogP contribution in [0.4, 0.5) is 0 Å². The highest BCUT2D eigenvalue weighted by molar-refractivity contribution is 5.85. The van der Waals surface area contributed by atoms with Gasteiger partial charge in [-0.1, -0.05) is 19.3 Å². The van der Waals surface area contributed by atoms with Crippen molar-refractivity contribution in [1.82, 2.24) is 9.80 Å². The molecule has 1 aliphatic heterocycles. The lowest BCUT2D eigenvalue weighted by Gasteiger charge is -2.35. The molecule has 2 aliphatic rings. The number of amides is 1. The molecule has 0 aromatic heterocycles. The van der Waals surface area contributed by atoms with Gasteiger partial charge in [0.05, 0.1) is 12.5 Å². The van der Waals surface area contributed by atoms with Crippen LogP contribution in [0.25, 0.3) is 0 Å². The van der Waals surface area contributed by atoms with Gasteiger partial charge in [0.25, 0.3) is 0 Å². The summed E-state index contributed by atoms with van der Waals surface area (Å²) in [5, 5.41) is 9.08. The molecular formula is C15H27ClN2O3. The summed E-state index contributed by atoms with van der Waals surface area (Å²) in [7, 11) is 1.90. The molecule has 0 bridgehead atoms. The van der Waals surface area contributed by atoms with E-state index >= 15 is 0 Å². The largest absolute Gasteiger partial charge is 0.481 e. The van der Waals surface area contributed by atoms with E-state index in [4.69, 9.17) is 5.11 Å². The van der Waals surface area contributed by atoms with E-state index in [1.165, 1.54) is 19.3 Å². The molecule has 6 heteroatoms. The van der Waals surface area contributed by atoms with Gasteiger partial charge in [-0.25, -0.2) is 0 Å². The molecule has 2 fully saturated rings. The number of carboxylic acid groups (broad SMARTS) is 1. The minimum atomic E-state index is -0.734. The van der Waals surface area contributed by atoms with Gasteiger partial charge in [-0.15, -0.1) is 12.4 Å². The van der Waals surface area contributed by atoms with E-state index in [9.17, 15) is 9.59 Å². The predicted molar refractivity (Wildman–Crippen MR) is 83.7 cm³/mol. The van der Waals surface area contributed by atoms with Crippen molar-refractivity contribution in [3.05, 3.63) is 0 Å². The second kappa shape index (κ2) is 8.59. The Morgan fingerprint density at radius 3 is 2.43 bits per heavy atom. The van der Waals surface area contributed by atoms with Crippen LogP contribution in [0.15, 0.2) is 0 Å². The predicted octanol–water partition coefficient (Wildman–Crippen LogP) is 2.00. The van der Waals surface area contributed by atoms with E-state index in [0.717, 1.165) is 32.2 Å². The Hall–Kier alpha value is -0.810. The molecule has 1 N–H and O–H groups in total. The van der Waals surface area contributed by atoms with Gasteiger partial charge in [-0.05, 0) is 32.2 Å². The quantitative estimate of drug-likeness (QED) is 0.861. The average molecular weight is 319 g/mol. The number of carbonyl (C=O) groups is 2. The number of halogens is 1. The third kappa shape index (κ3) is 5.15. The first-order chi connectivity index (χ1) is 9.58. The zero-order chi connectivity index (χ0) is 14.5. The first kappa shape index (κ1) is 18.2. The Kier molecular flexibility index (Phi) is 7.46. The molecule has 1 amide bonds. The Morgan fingerprint density at radius 1 is 1.14 bits per heavy atom. The number of carbonyl (C=O) groups excluding carboxylic acids is 1. The van der Waals surface area contributed by atoms with Gasteiger partial charge in [-0.3, -0.25) is 14.5 Å². The van der Waals surface area contributed by atoms with Gasteiger partial charge < -0.3 is 10.0 Å². The number of likely N-dealkylation sites (N-methyl/N-ethyl adjacent to an activating group) is 1. The van der Waals surface area contributed by atoms with Crippen molar-refractivity contribution in [3.63, 3.8) is 0 Å². The highest BCUT2D eigenvalue weighted by Crippen LogP contribution is 2.22. The summed E-state index contributed by atoms with van der Waals surface area (Å²) < 4.78 is 0. The van der Waals surface area contributed by atoms with Crippen molar-refractivity contribution in [3.8, 4) is 0 Å². The maximum absolute atomic E-state index is 12.3. The maximum atomic E-state index is 12.3. The monoisotopic (exact) mass is 318 g/mol. The van der Waals surface area contributed by atoms with E-state index in [1.807, 2.05) is 16.8 Å². The first-order valence-corrected chi connectivity index (χ1v) is 7.78. The SMILES string of the molecule is CN(C(=O)CN1CCCC(C(=O)O)C1)C1CCCCC1.Cl. The molecule has 1 atom stereocenters. The Morgan fingerprint density at radius 2 is 1.81 bits per heavy atom. The van der Waals surface area contributed by atoms with E-state index in [1.54, 1.807) is 0 Å². The molecule has 21 heavy (non-hydrogen) atoms. The summed E-state index contributed by atoms with van der Waals surface area (Å²) in [6.07, 6.45) is 7.54. The van der Waals surface area contributed by atoms with Gasteiger partial charge in [-0.2, -0.15) is 0 Å². The van der Waals surface area contributed by atoms with Gasteiger partial charge in [0.2, 0.25) is 5.91 Å². The van der Waals surface area contributed by atoms with Crippen molar-refractivity contribution in [2.75, 3.05) is 26.7 Å². The zero-order valence-corrected chi connectivity index (χ0v) is 13.6. The fraction of sp³-hybridized carbons (Fsp3) is 0.867. The molecule has 1 aliphatic carbocycles. The standard InChI is InChI=1S/C15H26N2O3.ClH/c1-16(13-7-3-2-4-8-13)14(18)11-17-9-5-6-12(10-17)15(19)20;/h12-13H,2-11H2,1H3,(H,19,20);1H. The van der Waals surface area contributed by atoms with Crippen molar-refractivity contribution < 1.29 is 14.7 Å². The molecule has 0 aromatic rings. The van der Waals surface area contributed by atoms with E-state index in [-0.39, 0.29) is 24.2 Å². The molecule has 5 nitrogen and oxygen atoms in total. The minimum absolute atomic E-state index is 0. The van der Waals surface area contributed by atoms with Crippen molar-refractivity contribution in [2.24, 2.45) is 5.92 Å². The number of hydrogen-bond acceptors (Lipinski definition) is 3. The van der Waals surface area contributed by atoms with Gasteiger partial charge >= 0.3 is 5.97 Å². The number of aliphatic carboxylic acids is 1. The van der Waals surface area contributed by atoms with Crippen molar-refractivity contribution in [1.29, 1.82) is 0 Å². The fourth-order valence-electron chi connectivity index (χ4n) is 3.38. The van der Waals surface area contributed by atoms with Crippen LogP contribution in [0, 0.1) is 5.92 Å². The van der Waals surface area contributed by atoms with Crippen LogP contribution in [-0.2, 0) is 9.59 Å². The van der Waals surface area contributed by atoms with Crippen LogP contribution in [0.5, 0.6) is 0 Å². The third-order valence-electron chi connectivity index (χ3n) is 4.73. The summed E-state index contributed by atoms with van der Waals surface area (Å²) in [5.41, 5.74) is 0. The average Bonchev–Trinajstić information content (AvgIpc) is 2.47. The summed E-state index contributed by atoms with van der Waals surface area (Å²) >= 11 is 0. The number of hydrogen-bond donors (Lipinski definition) is 1. The highest BCUT2D eigenvalue weighted by atomic mass is 35.5. The lowest BCUT2D eigenvalue weighted by Crippen LogP contribution is -2.47. The Labute approximate surface area is 133 Å². The molecule has 1 saturated heterocycles. The Balaban J connectivity index is 0.00000220. The summed E-state index contributed by atoms with van der Waals surface area (Å²) in [5.74, 6) is -0.901. The van der Waals surface area contributed by atoms with Crippen LogP contribution >= 0.6 is 12.4 Å². The molecule has 1 heterocycles. The molecule has 0 aromatic carbocycles. The van der Waals surface area contributed by atoms with Gasteiger partial charge in [0.15, 0.2) is 0 Å². The van der Waals surface area contributed by atoms with Crippen LogP contribution in [0.1, 0.15) is 44.9 Å². The molecule has 2 rings (SSSR count). The zero-order valence-electron chi connectivity index (χ0n) is 12.8. The lowest BCUT2D eigenvalue weighted by atomic mass is 9.94. The van der Waals surface area contributed by atoms with Crippen molar-refractivity contribution in [2.45, 2.75) is 51.0 Å². The summed E-state index contributed by atoms with van der Waals surface area (Å²) in [6.45, 7) is 1.73. The third-order valence-corrected chi connectivity index (χ3v) is 4.73. The normalized spacial score (nSPS) is 24.1.